The minimum atomic E-state index is -0.717. The number of carbonyl (C=O) groups is 4. The number of ether oxygens (including phenoxy) is 1. The molecule has 5 rings (SSSR count). The van der Waals surface area contributed by atoms with Gasteiger partial charge in [-0.2, -0.15) is 0 Å². The second kappa shape index (κ2) is 8.59. The molecular formula is C25H16Cl2N2O5. The molecule has 9 heteroatoms. The average molecular weight is 495 g/mol. The summed E-state index contributed by atoms with van der Waals surface area (Å²) in [7, 11) is 0. The molecular weight excluding hydrogens is 479 g/mol. The number of hydrogen-bond donors (Lipinski definition) is 0. The Bertz CT molecular complexity index is 1340. The van der Waals surface area contributed by atoms with Gasteiger partial charge >= 0.3 is 5.97 Å². The van der Waals surface area contributed by atoms with Crippen LogP contribution in [0.25, 0.3) is 0 Å². The van der Waals surface area contributed by atoms with Crippen molar-refractivity contribution in [3.8, 4) is 5.75 Å². The van der Waals surface area contributed by atoms with E-state index in [9.17, 15) is 19.2 Å². The van der Waals surface area contributed by atoms with E-state index in [4.69, 9.17) is 27.9 Å². The molecule has 0 radical (unpaired) electrons. The Morgan fingerprint density at radius 1 is 0.882 bits per heavy atom. The largest absolute Gasteiger partial charge is 0.426 e. The third-order valence-corrected chi connectivity index (χ3v) is 6.30. The third kappa shape index (κ3) is 3.83. The maximum Gasteiger partial charge on any atom is 0.316 e. The first-order valence-corrected chi connectivity index (χ1v) is 11.1. The van der Waals surface area contributed by atoms with E-state index in [1.165, 1.54) is 11.0 Å². The molecule has 7 nitrogen and oxygen atoms in total. The van der Waals surface area contributed by atoms with Crippen molar-refractivity contribution < 1.29 is 23.9 Å². The Labute approximate surface area is 204 Å². The maximum absolute atomic E-state index is 12.8. The summed E-state index contributed by atoms with van der Waals surface area (Å²) >= 11 is 12.2. The monoisotopic (exact) mass is 494 g/mol. The summed E-state index contributed by atoms with van der Waals surface area (Å²) < 4.78 is 5.51. The van der Waals surface area contributed by atoms with E-state index in [2.05, 4.69) is 0 Å². The molecule has 0 saturated carbocycles. The van der Waals surface area contributed by atoms with Crippen LogP contribution in [-0.4, -0.2) is 30.2 Å². The van der Waals surface area contributed by atoms with Gasteiger partial charge < -0.3 is 9.64 Å². The van der Waals surface area contributed by atoms with Crippen LogP contribution in [0.4, 0.5) is 11.4 Å². The van der Waals surface area contributed by atoms with Gasteiger partial charge in [-0.15, -0.1) is 0 Å². The van der Waals surface area contributed by atoms with Crippen LogP contribution in [0.5, 0.6) is 5.75 Å². The lowest BCUT2D eigenvalue weighted by Gasteiger charge is -2.18. The lowest BCUT2D eigenvalue weighted by molar-refractivity contribution is -0.139. The van der Waals surface area contributed by atoms with Gasteiger partial charge in [-0.05, 0) is 42.5 Å². The fraction of sp³-hybridized carbons (Fsp3) is 0.120. The van der Waals surface area contributed by atoms with Gasteiger partial charge in [0.1, 0.15) is 5.75 Å². The number of halogens is 2. The van der Waals surface area contributed by atoms with Gasteiger partial charge in [0, 0.05) is 24.1 Å². The minimum absolute atomic E-state index is 0.0419. The van der Waals surface area contributed by atoms with Crippen LogP contribution in [0.2, 0.25) is 10.0 Å². The van der Waals surface area contributed by atoms with Gasteiger partial charge in [-0.3, -0.25) is 19.2 Å². The number of hydrogen-bond acceptors (Lipinski definition) is 5. The fourth-order valence-electron chi connectivity index (χ4n) is 4.10. The molecule has 0 N–H and O–H groups in total. The Kier molecular flexibility index (Phi) is 5.59. The van der Waals surface area contributed by atoms with Gasteiger partial charge in [-0.1, -0.05) is 41.4 Å². The van der Waals surface area contributed by atoms with E-state index in [0.717, 1.165) is 4.90 Å². The number of amides is 3. The topological polar surface area (TPSA) is 84.0 Å². The van der Waals surface area contributed by atoms with Crippen LogP contribution in [0, 0.1) is 5.92 Å². The van der Waals surface area contributed by atoms with Crippen molar-refractivity contribution in [1.82, 2.24) is 0 Å². The van der Waals surface area contributed by atoms with E-state index in [-0.39, 0.29) is 30.3 Å². The van der Waals surface area contributed by atoms with E-state index < -0.39 is 23.7 Å². The SMILES string of the molecule is O=C(Oc1cccc(N2C(=O)c3ccccc3C2=O)c1)[C@H]1CC(=O)N(c2cc(Cl)ccc2Cl)C1. The first-order chi connectivity index (χ1) is 16.3. The summed E-state index contributed by atoms with van der Waals surface area (Å²) in [5.74, 6) is -2.32. The molecule has 3 aromatic rings. The molecule has 170 valence electrons. The molecule has 1 atom stereocenters. The molecule has 0 aliphatic carbocycles. The number of carbonyl (C=O) groups excluding carboxylic acids is 4. The second-order valence-electron chi connectivity index (χ2n) is 7.91. The zero-order chi connectivity index (χ0) is 24.0. The lowest BCUT2D eigenvalue weighted by atomic mass is 10.1. The number of anilines is 2. The molecule has 0 spiro atoms. The minimum Gasteiger partial charge on any atom is -0.426 e. The summed E-state index contributed by atoms with van der Waals surface area (Å²) in [6.07, 6.45) is -0.0419. The molecule has 0 unspecified atom stereocenters. The van der Waals surface area contributed by atoms with Crippen molar-refractivity contribution in [2.75, 3.05) is 16.3 Å². The Hall–Kier alpha value is -3.68. The summed E-state index contributed by atoms with van der Waals surface area (Å²) in [4.78, 5) is 53.3. The van der Waals surface area contributed by atoms with Crippen LogP contribution >= 0.6 is 23.2 Å². The summed E-state index contributed by atoms with van der Waals surface area (Å²) in [5, 5.41) is 0.767. The number of imide groups is 1. The van der Waals surface area contributed by atoms with Crippen LogP contribution in [0.3, 0.4) is 0 Å². The summed E-state index contributed by atoms with van der Waals surface area (Å²) in [5.41, 5.74) is 1.35. The Balaban J connectivity index is 1.32. The average Bonchev–Trinajstić information content (AvgIpc) is 3.33. The number of fused-ring (bicyclic) bond motifs is 1. The molecule has 0 bridgehead atoms. The number of rotatable bonds is 4. The van der Waals surface area contributed by atoms with Crippen molar-refractivity contribution >= 4 is 58.3 Å². The van der Waals surface area contributed by atoms with Gasteiger partial charge in [-0.25, -0.2) is 4.90 Å². The summed E-state index contributed by atoms with van der Waals surface area (Å²) in [6, 6.07) is 17.5. The van der Waals surface area contributed by atoms with Crippen molar-refractivity contribution in [1.29, 1.82) is 0 Å². The zero-order valence-electron chi connectivity index (χ0n) is 17.5. The predicted octanol–water partition coefficient (Wildman–Crippen LogP) is 4.75. The molecule has 1 fully saturated rings. The second-order valence-corrected chi connectivity index (χ2v) is 8.75. The third-order valence-electron chi connectivity index (χ3n) is 5.75. The molecule has 34 heavy (non-hydrogen) atoms. The zero-order valence-corrected chi connectivity index (χ0v) is 19.0. The molecule has 2 heterocycles. The normalized spacial score (nSPS) is 17.4. The molecule has 1 saturated heterocycles. The fourth-order valence-corrected chi connectivity index (χ4v) is 4.49. The van der Waals surface area contributed by atoms with Gasteiger partial charge in [0.25, 0.3) is 11.8 Å². The highest BCUT2D eigenvalue weighted by Crippen LogP contribution is 2.35. The van der Waals surface area contributed by atoms with Crippen molar-refractivity contribution in [3.05, 3.63) is 87.9 Å². The number of benzene rings is 3. The van der Waals surface area contributed by atoms with Crippen LogP contribution < -0.4 is 14.5 Å². The van der Waals surface area contributed by atoms with E-state index in [1.54, 1.807) is 60.7 Å². The van der Waals surface area contributed by atoms with Gasteiger partial charge in [0.2, 0.25) is 5.91 Å². The van der Waals surface area contributed by atoms with Crippen LogP contribution in [-0.2, 0) is 9.59 Å². The maximum atomic E-state index is 12.8. The molecule has 0 aromatic heterocycles. The Morgan fingerprint density at radius 2 is 1.59 bits per heavy atom. The quantitative estimate of drug-likeness (QED) is 0.296. The number of esters is 1. The van der Waals surface area contributed by atoms with Gasteiger partial charge in [0.05, 0.1) is 33.4 Å². The van der Waals surface area contributed by atoms with E-state index >= 15 is 0 Å². The highest BCUT2D eigenvalue weighted by atomic mass is 35.5. The first-order valence-electron chi connectivity index (χ1n) is 10.4. The van der Waals surface area contributed by atoms with E-state index in [0.29, 0.717) is 26.9 Å². The highest BCUT2D eigenvalue weighted by Gasteiger charge is 2.38. The molecule has 2 aliphatic heterocycles. The Morgan fingerprint density at radius 3 is 2.29 bits per heavy atom. The van der Waals surface area contributed by atoms with Crippen molar-refractivity contribution in [3.63, 3.8) is 0 Å². The first kappa shape index (κ1) is 22.1. The van der Waals surface area contributed by atoms with Crippen molar-refractivity contribution in [2.45, 2.75) is 6.42 Å². The molecule has 3 aromatic carbocycles. The molecule has 2 aliphatic rings. The lowest BCUT2D eigenvalue weighted by Crippen LogP contribution is -2.29. The highest BCUT2D eigenvalue weighted by molar-refractivity contribution is 6.36. The van der Waals surface area contributed by atoms with Crippen molar-refractivity contribution in [2.24, 2.45) is 5.92 Å². The number of nitrogens with zero attached hydrogens (tertiary/aromatic N) is 2. The predicted molar refractivity (Wildman–Crippen MR) is 127 cm³/mol. The smallest absolute Gasteiger partial charge is 0.316 e. The van der Waals surface area contributed by atoms with Crippen LogP contribution in [0.15, 0.2) is 66.7 Å². The standard InChI is InChI=1S/C25H16Cl2N2O5/c26-15-8-9-20(27)21(11-15)28-13-14(10-22(28)30)25(33)34-17-5-3-4-16(12-17)29-23(31)18-6-1-2-7-19(18)24(29)32/h1-9,11-12,14H,10,13H2/t14-/m0/s1. The van der Waals surface area contributed by atoms with Gasteiger partial charge in [0.15, 0.2) is 0 Å². The summed E-state index contributed by atoms with van der Waals surface area (Å²) in [6.45, 7) is 0.0931. The molecule has 3 amide bonds. The van der Waals surface area contributed by atoms with E-state index in [1.807, 2.05) is 0 Å². The van der Waals surface area contributed by atoms with Crippen LogP contribution in [0.1, 0.15) is 27.1 Å².